The molecule has 1 aliphatic rings. The Hall–Kier alpha value is -4.19. The minimum atomic E-state index is -0.312. The van der Waals surface area contributed by atoms with E-state index in [1.54, 1.807) is 37.4 Å². The quantitative estimate of drug-likeness (QED) is 0.160. The van der Waals surface area contributed by atoms with Crippen LogP contribution in [0.2, 0.25) is 10.0 Å². The van der Waals surface area contributed by atoms with Gasteiger partial charge in [-0.1, -0.05) is 41.4 Å². The lowest BCUT2D eigenvalue weighted by atomic mass is 9.98. The third-order valence-electron chi connectivity index (χ3n) is 8.14. The number of fused-ring (bicyclic) bond motifs is 2. The van der Waals surface area contributed by atoms with Gasteiger partial charge in [-0.05, 0) is 94.9 Å². The number of H-pyrrole nitrogens is 1. The van der Waals surface area contributed by atoms with Crippen LogP contribution in [0.4, 0.5) is 0 Å². The maximum atomic E-state index is 14.0. The molecule has 0 saturated heterocycles. The summed E-state index contributed by atoms with van der Waals surface area (Å²) >= 11 is 14.9. The van der Waals surface area contributed by atoms with Gasteiger partial charge >= 0.3 is 0 Å². The molecule has 1 atom stereocenters. The number of hydrogen-bond acceptors (Lipinski definition) is 6. The van der Waals surface area contributed by atoms with Crippen LogP contribution in [0.5, 0.6) is 5.75 Å². The molecule has 11 heteroatoms. The normalized spacial score (nSPS) is 14.7. The number of halogens is 3. The van der Waals surface area contributed by atoms with E-state index in [-0.39, 0.29) is 41.2 Å². The SMILES string of the molecule is COc1ccc(C2=NN(CC(=O)Cc3nc4ccc(I)cc4c(=O)n3-c3ccc(Cl)cc3Cl)C(c3c[nH]c4ccccc34)C2)cc1. The lowest BCUT2D eigenvalue weighted by molar-refractivity contribution is -0.120. The molecular formula is C35H26Cl2IN5O3. The van der Waals surface area contributed by atoms with Gasteiger partial charge in [0.1, 0.15) is 11.6 Å². The minimum Gasteiger partial charge on any atom is -0.497 e. The highest BCUT2D eigenvalue weighted by Gasteiger charge is 2.32. The Morgan fingerprint density at radius 3 is 2.61 bits per heavy atom. The molecule has 1 unspecified atom stereocenters. The predicted octanol–water partition coefficient (Wildman–Crippen LogP) is 7.75. The number of nitrogens with zero attached hydrogens (tertiary/aromatic N) is 4. The Morgan fingerprint density at radius 1 is 1.02 bits per heavy atom. The summed E-state index contributed by atoms with van der Waals surface area (Å²) in [6, 6.07) is 26.0. The Balaban J connectivity index is 1.27. The zero-order chi connectivity index (χ0) is 31.9. The first-order chi connectivity index (χ1) is 22.3. The van der Waals surface area contributed by atoms with E-state index in [1.807, 2.05) is 59.7 Å². The number of hydrogen-bond donors (Lipinski definition) is 1. The molecule has 0 saturated carbocycles. The largest absolute Gasteiger partial charge is 0.497 e. The van der Waals surface area contributed by atoms with Crippen LogP contribution in [0.25, 0.3) is 27.5 Å². The first-order valence-electron chi connectivity index (χ1n) is 14.5. The van der Waals surface area contributed by atoms with Crippen molar-refractivity contribution in [2.24, 2.45) is 5.10 Å². The van der Waals surface area contributed by atoms with E-state index in [0.29, 0.717) is 28.0 Å². The molecule has 7 rings (SSSR count). The van der Waals surface area contributed by atoms with Gasteiger partial charge in [-0.2, -0.15) is 5.10 Å². The fraction of sp³-hybridized carbons (Fsp3) is 0.143. The van der Waals surface area contributed by atoms with E-state index in [0.717, 1.165) is 37.1 Å². The van der Waals surface area contributed by atoms with E-state index < -0.39 is 0 Å². The Labute approximate surface area is 287 Å². The van der Waals surface area contributed by atoms with Gasteiger partial charge in [-0.15, -0.1) is 0 Å². The molecule has 0 spiro atoms. The van der Waals surface area contributed by atoms with Crippen molar-refractivity contribution in [3.05, 3.63) is 132 Å². The molecule has 4 aromatic carbocycles. The average Bonchev–Trinajstić information content (AvgIpc) is 3.66. The molecule has 8 nitrogen and oxygen atoms in total. The van der Waals surface area contributed by atoms with Gasteiger partial charge in [-0.3, -0.25) is 19.2 Å². The zero-order valence-corrected chi connectivity index (χ0v) is 28.2. The number of para-hydroxylation sites is 1. The van der Waals surface area contributed by atoms with Crippen molar-refractivity contribution in [3.8, 4) is 11.4 Å². The second-order valence-corrected chi connectivity index (χ2v) is 13.1. The fourth-order valence-electron chi connectivity index (χ4n) is 5.95. The number of benzene rings is 4. The van der Waals surface area contributed by atoms with Crippen molar-refractivity contribution in [3.63, 3.8) is 0 Å². The van der Waals surface area contributed by atoms with Gasteiger partial charge in [0.05, 0.1) is 53.4 Å². The van der Waals surface area contributed by atoms with Crippen LogP contribution in [0.15, 0.2) is 101 Å². The highest BCUT2D eigenvalue weighted by Crippen LogP contribution is 2.37. The summed E-state index contributed by atoms with van der Waals surface area (Å²) in [6.07, 6.45) is 2.49. The third-order valence-corrected chi connectivity index (χ3v) is 9.35. The van der Waals surface area contributed by atoms with Gasteiger partial charge in [0.25, 0.3) is 5.56 Å². The molecule has 46 heavy (non-hydrogen) atoms. The number of hydrazone groups is 1. The molecular weight excluding hydrogens is 736 g/mol. The van der Waals surface area contributed by atoms with Crippen LogP contribution in [0.1, 0.15) is 29.4 Å². The standard InChI is InChI=1S/C35H26Cl2IN5O3/c1-46-24-10-6-20(7-11-24)31-17-33(27-18-39-29-5-3-2-4-25(27)29)42(41-31)19-23(44)16-34-40-30-12-9-22(38)15-26(30)35(45)43(34)32-13-8-21(36)14-28(32)37/h2-15,18,33,39H,16-17,19H2,1H3. The summed E-state index contributed by atoms with van der Waals surface area (Å²) in [4.78, 5) is 36.0. The van der Waals surface area contributed by atoms with Gasteiger partial charge < -0.3 is 9.72 Å². The van der Waals surface area contributed by atoms with E-state index >= 15 is 0 Å². The number of nitrogens with one attached hydrogen (secondary N) is 1. The van der Waals surface area contributed by atoms with Gasteiger partial charge in [0.15, 0.2) is 5.78 Å². The second-order valence-electron chi connectivity index (χ2n) is 11.0. The van der Waals surface area contributed by atoms with Crippen LogP contribution >= 0.6 is 45.8 Å². The lowest BCUT2D eigenvalue weighted by Gasteiger charge is -2.23. The fourth-order valence-corrected chi connectivity index (χ4v) is 6.93. The van der Waals surface area contributed by atoms with Crippen molar-refractivity contribution >= 4 is 79.1 Å². The monoisotopic (exact) mass is 761 g/mol. The van der Waals surface area contributed by atoms with Crippen molar-refractivity contribution in [1.29, 1.82) is 0 Å². The summed E-state index contributed by atoms with van der Waals surface area (Å²) in [5.74, 6) is 0.891. The van der Waals surface area contributed by atoms with Crippen molar-refractivity contribution in [1.82, 2.24) is 19.5 Å². The lowest BCUT2D eigenvalue weighted by Crippen LogP contribution is -2.30. The number of aromatic nitrogens is 3. The van der Waals surface area contributed by atoms with E-state index in [9.17, 15) is 9.59 Å². The maximum absolute atomic E-state index is 14.0. The molecule has 0 aliphatic carbocycles. The maximum Gasteiger partial charge on any atom is 0.266 e. The third kappa shape index (κ3) is 5.78. The summed E-state index contributed by atoms with van der Waals surface area (Å²) in [5.41, 5.74) is 4.50. The first-order valence-corrected chi connectivity index (χ1v) is 16.4. The average molecular weight is 762 g/mol. The van der Waals surface area contributed by atoms with E-state index in [2.05, 4.69) is 33.6 Å². The predicted molar refractivity (Wildman–Crippen MR) is 191 cm³/mol. The molecule has 0 fully saturated rings. The minimum absolute atomic E-state index is 0.0127. The van der Waals surface area contributed by atoms with Crippen LogP contribution in [0.3, 0.4) is 0 Å². The van der Waals surface area contributed by atoms with Gasteiger partial charge in [0, 0.05) is 37.7 Å². The Kier molecular flexibility index (Phi) is 8.31. The highest BCUT2D eigenvalue weighted by molar-refractivity contribution is 14.1. The highest BCUT2D eigenvalue weighted by atomic mass is 127. The van der Waals surface area contributed by atoms with E-state index in [1.165, 1.54) is 4.57 Å². The Bertz CT molecular complexity index is 2230. The smallest absolute Gasteiger partial charge is 0.266 e. The zero-order valence-electron chi connectivity index (χ0n) is 24.5. The second kappa shape index (κ2) is 12.5. The van der Waals surface area contributed by atoms with Crippen molar-refractivity contribution in [2.45, 2.75) is 18.9 Å². The molecule has 1 aliphatic heterocycles. The molecule has 2 aromatic heterocycles. The molecule has 3 heterocycles. The number of rotatable bonds is 8. The van der Waals surface area contributed by atoms with Crippen LogP contribution in [-0.2, 0) is 11.2 Å². The van der Waals surface area contributed by atoms with Gasteiger partial charge in [-0.25, -0.2) is 4.98 Å². The molecule has 230 valence electrons. The topological polar surface area (TPSA) is 92.6 Å². The molecule has 0 radical (unpaired) electrons. The van der Waals surface area contributed by atoms with E-state index in [4.69, 9.17) is 38.0 Å². The molecule has 0 amide bonds. The Morgan fingerprint density at radius 2 is 1.83 bits per heavy atom. The summed E-state index contributed by atoms with van der Waals surface area (Å²) in [5, 5.41) is 9.04. The van der Waals surface area contributed by atoms with Crippen LogP contribution in [0, 0.1) is 3.57 Å². The number of carbonyl (C=O) groups is 1. The molecule has 6 aromatic rings. The number of Topliss-reactive ketones (excluding diaryl/α,β-unsaturated/α-hetero) is 1. The number of ether oxygens (including phenoxy) is 1. The number of methoxy groups -OCH3 is 1. The van der Waals surface area contributed by atoms with Gasteiger partial charge in [0.2, 0.25) is 0 Å². The van der Waals surface area contributed by atoms with Crippen molar-refractivity contribution < 1.29 is 9.53 Å². The molecule has 1 N–H and O–H groups in total. The van der Waals surface area contributed by atoms with Crippen LogP contribution in [-0.4, -0.2) is 44.7 Å². The summed E-state index contributed by atoms with van der Waals surface area (Å²) in [7, 11) is 1.63. The summed E-state index contributed by atoms with van der Waals surface area (Å²) in [6.45, 7) is 0.0127. The first kappa shape index (κ1) is 30.5. The number of ketones is 1. The number of carbonyl (C=O) groups excluding carboxylic acids is 1. The summed E-state index contributed by atoms with van der Waals surface area (Å²) < 4.78 is 7.65. The number of aromatic amines is 1. The van der Waals surface area contributed by atoms with Crippen LogP contribution < -0.4 is 10.3 Å². The molecule has 0 bridgehead atoms. The van der Waals surface area contributed by atoms with Crippen molar-refractivity contribution in [2.75, 3.05) is 13.7 Å².